The molecule has 0 amide bonds. The van der Waals surface area contributed by atoms with Gasteiger partial charge in [0.2, 0.25) is 0 Å². The first-order valence-corrected chi connectivity index (χ1v) is 5.77. The predicted molar refractivity (Wildman–Crippen MR) is 73.6 cm³/mol. The molecule has 0 aliphatic heterocycles. The minimum absolute atomic E-state index is 0.0216. The van der Waals surface area contributed by atoms with Gasteiger partial charge in [-0.25, -0.2) is 0 Å². The van der Waals surface area contributed by atoms with Gasteiger partial charge in [0.1, 0.15) is 22.9 Å². The van der Waals surface area contributed by atoms with Gasteiger partial charge in [-0.3, -0.25) is 10.1 Å². The average molecular weight is 289 g/mol. The number of hydrogen-bond acceptors (Lipinski definition) is 7. The van der Waals surface area contributed by atoms with Crippen LogP contribution in [-0.4, -0.2) is 22.2 Å². The summed E-state index contributed by atoms with van der Waals surface area (Å²) >= 11 is 0. The third kappa shape index (κ3) is 3.24. The molecule has 0 aliphatic rings. The molecule has 2 rings (SSSR count). The van der Waals surface area contributed by atoms with Gasteiger partial charge < -0.3 is 14.9 Å². The number of hydrogen-bond donors (Lipinski definition) is 2. The van der Waals surface area contributed by atoms with E-state index in [2.05, 4.69) is 10.2 Å². The van der Waals surface area contributed by atoms with Crippen LogP contribution in [-0.2, 0) is 0 Å². The Hall–Kier alpha value is -3.16. The number of nitro benzene ring substituents is 1. The van der Waals surface area contributed by atoms with Crippen LogP contribution in [0, 0.1) is 10.1 Å². The summed E-state index contributed by atoms with van der Waals surface area (Å²) in [6, 6.07) is 7.87. The molecule has 0 saturated heterocycles. The van der Waals surface area contributed by atoms with Crippen LogP contribution in [0.4, 0.5) is 17.1 Å². The molecule has 0 fully saturated rings. The van der Waals surface area contributed by atoms with E-state index in [1.54, 1.807) is 0 Å². The fraction of sp³-hybridized carbons (Fsp3) is 0.0769. The molecule has 0 saturated carbocycles. The number of ether oxygens (including phenoxy) is 1. The maximum absolute atomic E-state index is 11.0. The molecule has 0 heterocycles. The monoisotopic (exact) mass is 289 g/mol. The fourth-order valence-corrected chi connectivity index (χ4v) is 1.57. The van der Waals surface area contributed by atoms with Gasteiger partial charge in [0.05, 0.1) is 18.1 Å². The van der Waals surface area contributed by atoms with Crippen molar-refractivity contribution in [3.8, 4) is 17.2 Å². The van der Waals surface area contributed by atoms with Gasteiger partial charge in [0.25, 0.3) is 5.69 Å². The molecule has 108 valence electrons. The fourth-order valence-electron chi connectivity index (χ4n) is 1.57. The number of nitrogens with zero attached hydrogens (tertiary/aromatic N) is 3. The van der Waals surface area contributed by atoms with Crippen LogP contribution in [0.5, 0.6) is 17.2 Å². The molecule has 0 atom stereocenters. The second kappa shape index (κ2) is 5.87. The highest BCUT2D eigenvalue weighted by molar-refractivity contribution is 5.60. The molecule has 21 heavy (non-hydrogen) atoms. The molecule has 8 heteroatoms. The Morgan fingerprint density at radius 3 is 2.38 bits per heavy atom. The Morgan fingerprint density at radius 1 is 1.10 bits per heavy atom. The van der Waals surface area contributed by atoms with Crippen molar-refractivity contribution in [3.63, 3.8) is 0 Å². The van der Waals surface area contributed by atoms with Crippen LogP contribution >= 0.6 is 0 Å². The van der Waals surface area contributed by atoms with E-state index >= 15 is 0 Å². The summed E-state index contributed by atoms with van der Waals surface area (Å²) in [5.41, 5.74) is -0.164. The summed E-state index contributed by atoms with van der Waals surface area (Å²) in [6.07, 6.45) is 0. The summed E-state index contributed by atoms with van der Waals surface area (Å²) in [5.74, 6) is -0.0788. The van der Waals surface area contributed by atoms with Crippen LogP contribution < -0.4 is 4.74 Å². The highest BCUT2D eigenvalue weighted by Crippen LogP contribution is 2.35. The third-order valence-corrected chi connectivity index (χ3v) is 2.60. The van der Waals surface area contributed by atoms with E-state index in [1.165, 1.54) is 37.4 Å². The molecule has 0 spiro atoms. The molecule has 2 N–H and O–H groups in total. The summed E-state index contributed by atoms with van der Waals surface area (Å²) < 4.78 is 4.91. The molecule has 0 radical (unpaired) electrons. The Morgan fingerprint density at radius 2 is 1.76 bits per heavy atom. The zero-order valence-electron chi connectivity index (χ0n) is 10.9. The molecule has 8 nitrogen and oxygen atoms in total. The van der Waals surface area contributed by atoms with E-state index in [1.807, 2.05) is 0 Å². The molecule has 0 aromatic heterocycles. The second-order valence-corrected chi connectivity index (χ2v) is 3.98. The Bertz CT molecular complexity index is 715. The van der Waals surface area contributed by atoms with Crippen molar-refractivity contribution >= 4 is 17.1 Å². The first-order valence-electron chi connectivity index (χ1n) is 5.77. The summed E-state index contributed by atoms with van der Waals surface area (Å²) in [5, 5.41) is 37.2. The van der Waals surface area contributed by atoms with Crippen LogP contribution in [0.2, 0.25) is 0 Å². The minimum atomic E-state index is -0.604. The first kappa shape index (κ1) is 14.3. The summed E-state index contributed by atoms with van der Waals surface area (Å²) in [4.78, 5) is 10.4. The number of benzene rings is 2. The zero-order valence-corrected chi connectivity index (χ0v) is 10.9. The zero-order chi connectivity index (χ0) is 15.4. The molecule has 0 aliphatic carbocycles. The van der Waals surface area contributed by atoms with E-state index in [9.17, 15) is 15.2 Å². The SMILES string of the molecule is COc1ccc(/N=N/c2ccc(O)cc2O)c([N+](=O)[O-])c1. The lowest BCUT2D eigenvalue weighted by atomic mass is 10.2. The number of azo groups is 1. The van der Waals surface area contributed by atoms with Crippen molar-refractivity contribution in [1.82, 2.24) is 0 Å². The standard InChI is InChI=1S/C13H11N3O5/c1-21-9-3-5-10(12(7-9)16(19)20)14-15-11-4-2-8(17)6-13(11)18/h2-7,17-18H,1H3/b15-14+. The van der Waals surface area contributed by atoms with Crippen LogP contribution in [0.1, 0.15) is 0 Å². The van der Waals surface area contributed by atoms with E-state index < -0.39 is 4.92 Å². The number of phenols is 2. The molecular weight excluding hydrogens is 278 g/mol. The topological polar surface area (TPSA) is 118 Å². The number of rotatable bonds is 4. The summed E-state index contributed by atoms with van der Waals surface area (Å²) in [7, 11) is 1.40. The van der Waals surface area contributed by atoms with Crippen molar-refractivity contribution in [2.75, 3.05) is 7.11 Å². The van der Waals surface area contributed by atoms with Crippen molar-refractivity contribution in [1.29, 1.82) is 0 Å². The van der Waals surface area contributed by atoms with Gasteiger partial charge in [-0.05, 0) is 24.3 Å². The van der Waals surface area contributed by atoms with E-state index in [0.717, 1.165) is 6.07 Å². The maximum Gasteiger partial charge on any atom is 0.300 e. The van der Waals surface area contributed by atoms with Crippen molar-refractivity contribution in [2.24, 2.45) is 10.2 Å². The molecule has 0 unspecified atom stereocenters. The van der Waals surface area contributed by atoms with Gasteiger partial charge in [0, 0.05) is 6.07 Å². The normalized spacial score (nSPS) is 10.7. The lowest BCUT2D eigenvalue weighted by Crippen LogP contribution is -1.90. The second-order valence-electron chi connectivity index (χ2n) is 3.98. The van der Waals surface area contributed by atoms with E-state index in [0.29, 0.717) is 5.75 Å². The maximum atomic E-state index is 11.0. The first-order chi connectivity index (χ1) is 10.0. The Kier molecular flexibility index (Phi) is 3.98. The molecule has 2 aromatic rings. The van der Waals surface area contributed by atoms with E-state index in [-0.39, 0.29) is 28.6 Å². The largest absolute Gasteiger partial charge is 0.508 e. The van der Waals surface area contributed by atoms with Gasteiger partial charge in [-0.15, -0.1) is 10.2 Å². The van der Waals surface area contributed by atoms with Gasteiger partial charge in [-0.1, -0.05) is 0 Å². The van der Waals surface area contributed by atoms with E-state index in [4.69, 9.17) is 9.84 Å². The number of methoxy groups -OCH3 is 1. The third-order valence-electron chi connectivity index (χ3n) is 2.60. The number of aromatic hydroxyl groups is 2. The van der Waals surface area contributed by atoms with Gasteiger partial charge >= 0.3 is 0 Å². The summed E-state index contributed by atoms with van der Waals surface area (Å²) in [6.45, 7) is 0. The lowest BCUT2D eigenvalue weighted by Gasteiger charge is -2.01. The molecule has 0 bridgehead atoms. The van der Waals surface area contributed by atoms with Crippen molar-refractivity contribution in [3.05, 3.63) is 46.5 Å². The quantitative estimate of drug-likeness (QED) is 0.508. The minimum Gasteiger partial charge on any atom is -0.508 e. The number of nitro groups is 1. The van der Waals surface area contributed by atoms with Gasteiger partial charge in [-0.2, -0.15) is 0 Å². The van der Waals surface area contributed by atoms with Crippen molar-refractivity contribution in [2.45, 2.75) is 0 Å². The van der Waals surface area contributed by atoms with Crippen LogP contribution in [0.15, 0.2) is 46.6 Å². The smallest absolute Gasteiger partial charge is 0.300 e. The van der Waals surface area contributed by atoms with Crippen LogP contribution in [0.3, 0.4) is 0 Å². The average Bonchev–Trinajstić information content (AvgIpc) is 2.46. The van der Waals surface area contributed by atoms with Crippen molar-refractivity contribution < 1.29 is 19.9 Å². The number of phenolic OH excluding ortho intramolecular Hbond substituents is 2. The molecular formula is C13H11N3O5. The predicted octanol–water partition coefficient (Wildman–Crippen LogP) is 3.43. The van der Waals surface area contributed by atoms with Gasteiger partial charge in [0.15, 0.2) is 5.69 Å². The lowest BCUT2D eigenvalue weighted by molar-refractivity contribution is -0.384. The Labute approximate surface area is 119 Å². The highest BCUT2D eigenvalue weighted by Gasteiger charge is 2.15. The highest BCUT2D eigenvalue weighted by atomic mass is 16.6. The molecule has 2 aromatic carbocycles. The van der Waals surface area contributed by atoms with Crippen LogP contribution in [0.25, 0.3) is 0 Å². The Balaban J connectivity index is 2.38.